The van der Waals surface area contributed by atoms with Gasteiger partial charge in [0.05, 0.1) is 11.8 Å². The van der Waals surface area contributed by atoms with Crippen molar-refractivity contribution in [3.63, 3.8) is 0 Å². The third-order valence-corrected chi connectivity index (χ3v) is 6.72. The van der Waals surface area contributed by atoms with Crippen LogP contribution in [0.2, 0.25) is 0 Å². The van der Waals surface area contributed by atoms with Gasteiger partial charge in [0, 0.05) is 0 Å². The third-order valence-electron chi connectivity index (χ3n) is 6.72. The van der Waals surface area contributed by atoms with Crippen LogP contribution in [0.1, 0.15) is 38.5 Å². The molecule has 0 aromatic rings. The summed E-state index contributed by atoms with van der Waals surface area (Å²) in [6, 6.07) is 0. The van der Waals surface area contributed by atoms with Crippen LogP contribution < -0.4 is 0 Å². The van der Waals surface area contributed by atoms with E-state index in [4.69, 9.17) is 0 Å². The zero-order chi connectivity index (χ0) is 15.5. The fraction of sp³-hybridized carbons (Fsp3) is 0.667. The molecule has 6 atom stereocenters. The minimum absolute atomic E-state index is 0.0513. The number of fused-ring (bicyclic) bond motifs is 4. The maximum Gasteiger partial charge on any atom is 0.307 e. The lowest BCUT2D eigenvalue weighted by molar-refractivity contribution is -0.143. The van der Waals surface area contributed by atoms with Gasteiger partial charge in [-0.25, -0.2) is 0 Å². The average Bonchev–Trinajstić information content (AvgIpc) is 3.23. The molecule has 4 rings (SSSR count). The van der Waals surface area contributed by atoms with Gasteiger partial charge < -0.3 is 10.2 Å². The first kappa shape index (κ1) is 14.0. The van der Waals surface area contributed by atoms with Crippen LogP contribution in [0.4, 0.5) is 0 Å². The first-order valence-electron chi connectivity index (χ1n) is 8.26. The van der Waals surface area contributed by atoms with Gasteiger partial charge in [-0.3, -0.25) is 9.59 Å². The predicted octanol–water partition coefficient (Wildman–Crippen LogP) is 3.10. The van der Waals surface area contributed by atoms with Crippen LogP contribution in [0, 0.1) is 34.5 Å². The topological polar surface area (TPSA) is 74.6 Å². The standard InChI is InChI=1S/C18H22O4/c19-15(20)13-9-17(3-1-11(13)7-17)5-6-18-4-2-12(8-18)14(10-18)16(21)22/h1-4,11-14H,5-10H2,(H,19,20)(H,21,22). The van der Waals surface area contributed by atoms with Gasteiger partial charge in [-0.1, -0.05) is 24.3 Å². The van der Waals surface area contributed by atoms with Gasteiger partial charge in [-0.2, -0.15) is 0 Å². The zero-order valence-electron chi connectivity index (χ0n) is 12.6. The number of aliphatic carboxylic acids is 2. The highest BCUT2D eigenvalue weighted by molar-refractivity contribution is 5.72. The molecule has 0 aromatic heterocycles. The van der Waals surface area contributed by atoms with Crippen molar-refractivity contribution in [2.45, 2.75) is 38.5 Å². The summed E-state index contributed by atoms with van der Waals surface area (Å²) in [7, 11) is 0. The Morgan fingerprint density at radius 1 is 0.818 bits per heavy atom. The number of hydrogen-bond acceptors (Lipinski definition) is 2. The van der Waals surface area contributed by atoms with Crippen LogP contribution in [0.5, 0.6) is 0 Å². The van der Waals surface area contributed by atoms with E-state index >= 15 is 0 Å². The first-order chi connectivity index (χ1) is 10.4. The van der Waals surface area contributed by atoms with Crippen LogP contribution in [-0.2, 0) is 9.59 Å². The third kappa shape index (κ3) is 1.96. The monoisotopic (exact) mass is 302 g/mol. The van der Waals surface area contributed by atoms with Crippen molar-refractivity contribution in [2.24, 2.45) is 34.5 Å². The maximum atomic E-state index is 11.3. The quantitative estimate of drug-likeness (QED) is 0.765. The fourth-order valence-corrected chi connectivity index (χ4v) is 5.51. The Kier molecular flexibility index (Phi) is 2.85. The van der Waals surface area contributed by atoms with Gasteiger partial charge in [0.2, 0.25) is 0 Å². The van der Waals surface area contributed by atoms with E-state index in [9.17, 15) is 19.8 Å². The van der Waals surface area contributed by atoms with Crippen molar-refractivity contribution < 1.29 is 19.8 Å². The molecule has 0 aliphatic heterocycles. The summed E-state index contributed by atoms with van der Waals surface area (Å²) >= 11 is 0. The largest absolute Gasteiger partial charge is 0.481 e. The van der Waals surface area contributed by atoms with Crippen LogP contribution in [-0.4, -0.2) is 22.2 Å². The summed E-state index contributed by atoms with van der Waals surface area (Å²) in [6.07, 6.45) is 14.1. The lowest BCUT2D eigenvalue weighted by Gasteiger charge is -2.31. The van der Waals surface area contributed by atoms with Gasteiger partial charge in [0.15, 0.2) is 0 Å². The summed E-state index contributed by atoms with van der Waals surface area (Å²) in [5.74, 6) is -1.35. The highest BCUT2D eigenvalue weighted by Crippen LogP contribution is 2.60. The minimum atomic E-state index is -0.665. The SMILES string of the molecule is O=C(O)C1CC2(CCC34C=CC(C3)C(C(=O)O)C4)C=CC1C2. The van der Waals surface area contributed by atoms with Crippen molar-refractivity contribution >= 4 is 11.9 Å². The lowest BCUT2D eigenvalue weighted by atomic mass is 9.73. The summed E-state index contributed by atoms with van der Waals surface area (Å²) in [4.78, 5) is 22.7. The molecule has 118 valence electrons. The molecule has 0 heterocycles. The molecule has 0 radical (unpaired) electrons. The van der Waals surface area contributed by atoms with Crippen molar-refractivity contribution in [1.29, 1.82) is 0 Å². The molecule has 4 bridgehead atoms. The Morgan fingerprint density at radius 3 is 1.55 bits per heavy atom. The average molecular weight is 302 g/mol. The van der Waals surface area contributed by atoms with E-state index in [0.717, 1.165) is 38.5 Å². The summed E-state index contributed by atoms with van der Waals surface area (Å²) < 4.78 is 0. The molecule has 2 saturated carbocycles. The Bertz CT molecular complexity index is 540. The van der Waals surface area contributed by atoms with Crippen LogP contribution in [0.25, 0.3) is 0 Å². The predicted molar refractivity (Wildman–Crippen MR) is 80.1 cm³/mol. The molecule has 4 nitrogen and oxygen atoms in total. The van der Waals surface area contributed by atoms with Crippen LogP contribution in [0.3, 0.4) is 0 Å². The number of rotatable bonds is 5. The second-order valence-corrected chi connectivity index (χ2v) is 7.98. The van der Waals surface area contributed by atoms with Crippen molar-refractivity contribution in [3.05, 3.63) is 24.3 Å². The summed E-state index contributed by atoms with van der Waals surface area (Å²) in [5, 5.41) is 18.6. The Labute approximate surface area is 129 Å². The molecule has 4 aliphatic carbocycles. The molecule has 4 heteroatoms. The van der Waals surface area contributed by atoms with Gasteiger partial charge in [-0.15, -0.1) is 0 Å². The molecule has 22 heavy (non-hydrogen) atoms. The number of carboxylic acid groups (broad SMARTS) is 2. The Balaban J connectivity index is 1.44. The molecular weight excluding hydrogens is 280 g/mol. The molecule has 0 spiro atoms. The molecule has 2 fully saturated rings. The van der Waals surface area contributed by atoms with Crippen molar-refractivity contribution in [1.82, 2.24) is 0 Å². The highest BCUT2D eigenvalue weighted by Gasteiger charge is 2.53. The molecule has 4 aliphatic rings. The van der Waals surface area contributed by atoms with Gasteiger partial charge >= 0.3 is 11.9 Å². The summed E-state index contributed by atoms with van der Waals surface area (Å²) in [5.41, 5.74) is 0.103. The second-order valence-electron chi connectivity index (χ2n) is 7.98. The van der Waals surface area contributed by atoms with E-state index < -0.39 is 11.9 Å². The van der Waals surface area contributed by atoms with E-state index in [0.29, 0.717) is 0 Å². The number of carboxylic acids is 2. The zero-order valence-corrected chi connectivity index (χ0v) is 12.6. The molecule has 6 unspecified atom stereocenters. The highest BCUT2D eigenvalue weighted by atomic mass is 16.4. The van der Waals surface area contributed by atoms with Crippen molar-refractivity contribution in [2.75, 3.05) is 0 Å². The smallest absolute Gasteiger partial charge is 0.307 e. The van der Waals surface area contributed by atoms with Gasteiger partial charge in [-0.05, 0) is 61.2 Å². The molecule has 2 N–H and O–H groups in total. The van der Waals surface area contributed by atoms with E-state index in [2.05, 4.69) is 24.3 Å². The normalized spacial score (nSPS) is 47.5. The molecule has 0 saturated heterocycles. The van der Waals surface area contributed by atoms with Gasteiger partial charge in [0.1, 0.15) is 0 Å². The van der Waals surface area contributed by atoms with E-state index in [-0.39, 0.29) is 34.5 Å². The summed E-state index contributed by atoms with van der Waals surface area (Å²) in [6.45, 7) is 0. The van der Waals surface area contributed by atoms with Crippen LogP contribution in [0.15, 0.2) is 24.3 Å². The number of allylic oxidation sites excluding steroid dienone is 4. The van der Waals surface area contributed by atoms with Crippen LogP contribution >= 0.6 is 0 Å². The maximum absolute atomic E-state index is 11.3. The second kappa shape index (κ2) is 4.46. The first-order valence-corrected chi connectivity index (χ1v) is 8.26. The van der Waals surface area contributed by atoms with Crippen molar-refractivity contribution in [3.8, 4) is 0 Å². The van der Waals surface area contributed by atoms with Gasteiger partial charge in [0.25, 0.3) is 0 Å². The minimum Gasteiger partial charge on any atom is -0.481 e. The fourth-order valence-electron chi connectivity index (χ4n) is 5.51. The number of hydrogen-bond donors (Lipinski definition) is 2. The molecule has 0 aromatic carbocycles. The molecular formula is C18H22O4. The molecule has 0 amide bonds. The number of carbonyl (C=O) groups is 2. The van der Waals surface area contributed by atoms with E-state index in [1.54, 1.807) is 0 Å². The Hall–Kier alpha value is -1.58. The lowest BCUT2D eigenvalue weighted by Crippen LogP contribution is -2.24. The van der Waals surface area contributed by atoms with E-state index in [1.807, 2.05) is 0 Å². The Morgan fingerprint density at radius 2 is 1.23 bits per heavy atom. The van der Waals surface area contributed by atoms with E-state index in [1.165, 1.54) is 0 Å².